The van der Waals surface area contributed by atoms with Gasteiger partial charge in [-0.25, -0.2) is 9.59 Å². The lowest BCUT2D eigenvalue weighted by Crippen LogP contribution is -2.28. The van der Waals surface area contributed by atoms with Gasteiger partial charge in [0.05, 0.1) is 6.54 Å². The number of furan rings is 1. The number of rotatable bonds is 4. The second kappa shape index (κ2) is 6.45. The third-order valence-corrected chi connectivity index (χ3v) is 3.05. The topological polar surface area (TPSA) is 91.6 Å². The van der Waals surface area contributed by atoms with Crippen LogP contribution in [-0.2, 0) is 6.54 Å². The van der Waals surface area contributed by atoms with Crippen molar-refractivity contribution in [3.8, 4) is 0 Å². The number of urea groups is 1. The highest BCUT2D eigenvalue weighted by atomic mass is 79.9. The number of amides is 2. The summed E-state index contributed by atoms with van der Waals surface area (Å²) in [5, 5.41) is 14.0. The summed E-state index contributed by atoms with van der Waals surface area (Å²) in [7, 11) is 0. The van der Waals surface area contributed by atoms with Crippen LogP contribution in [0.4, 0.5) is 10.5 Å². The molecule has 0 saturated heterocycles. The Kier molecular flexibility index (Phi) is 4.64. The van der Waals surface area contributed by atoms with E-state index in [1.807, 2.05) is 19.1 Å². The summed E-state index contributed by atoms with van der Waals surface area (Å²) in [5.41, 5.74) is 1.67. The predicted octanol–water partition coefficient (Wildman–Crippen LogP) is 3.37. The molecule has 1 aromatic heterocycles. The SMILES string of the molecule is Cc1cc(Br)cc(NC(=O)NCc2ccc(C(=O)O)o2)c1. The van der Waals surface area contributed by atoms with Crippen molar-refractivity contribution in [2.75, 3.05) is 5.32 Å². The zero-order valence-corrected chi connectivity index (χ0v) is 12.7. The highest BCUT2D eigenvalue weighted by Gasteiger charge is 2.10. The molecule has 1 heterocycles. The summed E-state index contributed by atoms with van der Waals surface area (Å²) in [6.07, 6.45) is 0. The average Bonchev–Trinajstić information content (AvgIpc) is 2.84. The molecule has 2 aromatic rings. The largest absolute Gasteiger partial charge is 0.475 e. The number of anilines is 1. The van der Waals surface area contributed by atoms with Gasteiger partial charge in [0.1, 0.15) is 5.76 Å². The molecule has 0 aliphatic carbocycles. The van der Waals surface area contributed by atoms with E-state index in [2.05, 4.69) is 26.6 Å². The van der Waals surface area contributed by atoms with Gasteiger partial charge in [-0.15, -0.1) is 0 Å². The van der Waals surface area contributed by atoms with E-state index in [0.717, 1.165) is 10.0 Å². The predicted molar refractivity (Wildman–Crippen MR) is 80.4 cm³/mol. The first-order chi connectivity index (χ1) is 9.94. The molecule has 0 bridgehead atoms. The van der Waals surface area contributed by atoms with E-state index < -0.39 is 12.0 Å². The van der Waals surface area contributed by atoms with Gasteiger partial charge in [-0.1, -0.05) is 15.9 Å². The van der Waals surface area contributed by atoms with Crippen LogP contribution >= 0.6 is 15.9 Å². The summed E-state index contributed by atoms with van der Waals surface area (Å²) in [4.78, 5) is 22.4. The summed E-state index contributed by atoms with van der Waals surface area (Å²) < 4.78 is 5.90. The van der Waals surface area contributed by atoms with Gasteiger partial charge >= 0.3 is 12.0 Å². The van der Waals surface area contributed by atoms with Crippen LogP contribution in [0.1, 0.15) is 21.9 Å². The van der Waals surface area contributed by atoms with Crippen LogP contribution in [0.25, 0.3) is 0 Å². The van der Waals surface area contributed by atoms with Crippen molar-refractivity contribution in [2.24, 2.45) is 0 Å². The molecule has 0 spiro atoms. The highest BCUT2D eigenvalue weighted by molar-refractivity contribution is 9.10. The Bertz CT molecular complexity index is 661. The Labute approximate surface area is 129 Å². The monoisotopic (exact) mass is 352 g/mol. The van der Waals surface area contributed by atoms with E-state index in [1.165, 1.54) is 12.1 Å². The smallest absolute Gasteiger partial charge is 0.371 e. The summed E-state index contributed by atoms with van der Waals surface area (Å²) in [5.74, 6) is -0.932. The first kappa shape index (κ1) is 15.1. The molecule has 1 aromatic carbocycles. The molecule has 2 amide bonds. The second-order valence-corrected chi connectivity index (χ2v) is 5.31. The molecule has 0 atom stereocenters. The fraction of sp³-hybridized carbons (Fsp3) is 0.143. The maximum absolute atomic E-state index is 11.8. The van der Waals surface area contributed by atoms with E-state index >= 15 is 0 Å². The van der Waals surface area contributed by atoms with E-state index in [4.69, 9.17) is 9.52 Å². The number of benzene rings is 1. The second-order valence-electron chi connectivity index (χ2n) is 4.40. The minimum atomic E-state index is -1.14. The lowest BCUT2D eigenvalue weighted by molar-refractivity contribution is 0.0660. The summed E-state index contributed by atoms with van der Waals surface area (Å²) in [6.45, 7) is 2.02. The standard InChI is InChI=1S/C14H13BrN2O4/c1-8-4-9(15)6-10(5-8)17-14(20)16-7-11-2-3-12(21-11)13(18)19/h2-6H,7H2,1H3,(H,18,19)(H2,16,17,20). The number of carboxylic acid groups (broad SMARTS) is 1. The van der Waals surface area contributed by atoms with Crippen molar-refractivity contribution < 1.29 is 19.1 Å². The van der Waals surface area contributed by atoms with Crippen LogP contribution in [-0.4, -0.2) is 17.1 Å². The van der Waals surface area contributed by atoms with Crippen molar-refractivity contribution in [1.82, 2.24) is 5.32 Å². The zero-order valence-electron chi connectivity index (χ0n) is 11.1. The Balaban J connectivity index is 1.90. The molecule has 0 saturated carbocycles. The van der Waals surface area contributed by atoms with Crippen molar-refractivity contribution in [1.29, 1.82) is 0 Å². The molecule has 3 N–H and O–H groups in total. The number of hydrogen-bond acceptors (Lipinski definition) is 3. The van der Waals surface area contributed by atoms with Crippen LogP contribution in [0.15, 0.2) is 39.2 Å². The van der Waals surface area contributed by atoms with E-state index in [9.17, 15) is 9.59 Å². The number of aromatic carboxylic acids is 1. The van der Waals surface area contributed by atoms with Gasteiger partial charge in [0.15, 0.2) is 0 Å². The summed E-state index contributed by atoms with van der Waals surface area (Å²) in [6, 6.07) is 7.99. The van der Waals surface area contributed by atoms with Crippen molar-refractivity contribution in [2.45, 2.75) is 13.5 Å². The van der Waals surface area contributed by atoms with Gasteiger partial charge in [0.25, 0.3) is 0 Å². The highest BCUT2D eigenvalue weighted by Crippen LogP contribution is 2.19. The lowest BCUT2D eigenvalue weighted by atomic mass is 10.2. The Morgan fingerprint density at radius 1 is 1.29 bits per heavy atom. The number of nitrogens with one attached hydrogen (secondary N) is 2. The molecule has 6 nitrogen and oxygen atoms in total. The zero-order chi connectivity index (χ0) is 15.4. The molecule has 7 heteroatoms. The Morgan fingerprint density at radius 2 is 2.05 bits per heavy atom. The normalized spacial score (nSPS) is 10.2. The number of hydrogen-bond donors (Lipinski definition) is 3. The molecule has 2 rings (SSSR count). The molecule has 0 unspecified atom stereocenters. The number of carbonyl (C=O) groups is 2. The van der Waals surface area contributed by atoms with Gasteiger partial charge < -0.3 is 20.2 Å². The number of halogens is 1. The molecular weight excluding hydrogens is 340 g/mol. The van der Waals surface area contributed by atoms with Crippen molar-refractivity contribution >= 4 is 33.6 Å². The van der Waals surface area contributed by atoms with Crippen molar-refractivity contribution in [3.05, 3.63) is 51.9 Å². The number of carboxylic acids is 1. The van der Waals surface area contributed by atoms with E-state index in [-0.39, 0.29) is 12.3 Å². The van der Waals surface area contributed by atoms with Crippen LogP contribution in [0.2, 0.25) is 0 Å². The van der Waals surface area contributed by atoms with Gasteiger partial charge in [0.2, 0.25) is 5.76 Å². The maximum Gasteiger partial charge on any atom is 0.371 e. The van der Waals surface area contributed by atoms with Crippen molar-refractivity contribution in [3.63, 3.8) is 0 Å². The summed E-state index contributed by atoms with van der Waals surface area (Å²) >= 11 is 3.35. The first-order valence-corrected chi connectivity index (χ1v) is 6.87. The van der Waals surface area contributed by atoms with E-state index in [0.29, 0.717) is 11.4 Å². The quantitative estimate of drug-likeness (QED) is 0.786. The molecular formula is C14H13BrN2O4. The lowest BCUT2D eigenvalue weighted by Gasteiger charge is -2.08. The fourth-order valence-electron chi connectivity index (χ4n) is 1.74. The fourth-order valence-corrected chi connectivity index (χ4v) is 2.35. The van der Waals surface area contributed by atoms with E-state index in [1.54, 1.807) is 6.07 Å². The molecule has 110 valence electrons. The Hall–Kier alpha value is -2.28. The van der Waals surface area contributed by atoms with Gasteiger partial charge in [-0.3, -0.25) is 0 Å². The molecule has 0 aliphatic rings. The van der Waals surface area contributed by atoms with Crippen LogP contribution < -0.4 is 10.6 Å². The number of carbonyl (C=O) groups excluding carboxylic acids is 1. The average molecular weight is 353 g/mol. The molecule has 0 fully saturated rings. The third kappa shape index (κ3) is 4.35. The minimum absolute atomic E-state index is 0.103. The van der Waals surface area contributed by atoms with Crippen LogP contribution in [0, 0.1) is 6.92 Å². The maximum atomic E-state index is 11.8. The van der Waals surface area contributed by atoms with Gasteiger partial charge in [0, 0.05) is 10.2 Å². The van der Waals surface area contributed by atoms with Gasteiger partial charge in [-0.2, -0.15) is 0 Å². The third-order valence-electron chi connectivity index (χ3n) is 2.60. The van der Waals surface area contributed by atoms with Crippen LogP contribution in [0.5, 0.6) is 0 Å². The number of aryl methyl sites for hydroxylation is 1. The molecule has 0 aliphatic heterocycles. The van der Waals surface area contributed by atoms with Crippen LogP contribution in [0.3, 0.4) is 0 Å². The first-order valence-electron chi connectivity index (χ1n) is 6.08. The molecule has 0 radical (unpaired) electrons. The minimum Gasteiger partial charge on any atom is -0.475 e. The Morgan fingerprint density at radius 3 is 2.67 bits per heavy atom. The molecule has 21 heavy (non-hydrogen) atoms. The van der Waals surface area contributed by atoms with Gasteiger partial charge in [-0.05, 0) is 42.8 Å².